The van der Waals surface area contributed by atoms with E-state index >= 15 is 0 Å². The predicted octanol–water partition coefficient (Wildman–Crippen LogP) is 2.53. The topological polar surface area (TPSA) is 40.6 Å². The smallest absolute Gasteiger partial charge is 0.264 e. The lowest BCUT2D eigenvalue weighted by Crippen LogP contribution is -2.51. The third-order valence-corrected chi connectivity index (χ3v) is 5.64. The molecule has 0 aromatic carbocycles. The Morgan fingerprint density at radius 1 is 1.10 bits per heavy atom. The van der Waals surface area contributed by atoms with Crippen molar-refractivity contribution in [3.63, 3.8) is 0 Å². The van der Waals surface area contributed by atoms with Gasteiger partial charge in [0, 0.05) is 32.1 Å². The highest BCUT2D eigenvalue weighted by molar-refractivity contribution is 7.12. The monoisotopic (exact) mass is 306 g/mol. The zero-order valence-corrected chi connectivity index (χ0v) is 13.3. The lowest BCUT2D eigenvalue weighted by atomic mass is 10.1. The van der Waals surface area contributed by atoms with Crippen LogP contribution in [0.15, 0.2) is 11.4 Å². The molecule has 3 rings (SSSR count). The van der Waals surface area contributed by atoms with Gasteiger partial charge in [0.1, 0.15) is 0 Å². The van der Waals surface area contributed by atoms with Gasteiger partial charge in [0.25, 0.3) is 5.91 Å². The Labute approximate surface area is 129 Å². The standard InChI is InChI=1S/C16H22N2O2S/c1-12-6-11-21-14(12)16(20)18-9-7-17(8-10-18)15(19)13-4-2-3-5-13/h6,11,13H,2-5,7-10H2,1H3. The Hall–Kier alpha value is -1.36. The van der Waals surface area contributed by atoms with Crippen LogP contribution in [0.4, 0.5) is 0 Å². The summed E-state index contributed by atoms with van der Waals surface area (Å²) in [7, 11) is 0. The number of hydrogen-bond donors (Lipinski definition) is 0. The molecular formula is C16H22N2O2S. The first-order valence-corrected chi connectivity index (χ1v) is 8.67. The molecule has 5 heteroatoms. The van der Waals surface area contributed by atoms with Crippen molar-refractivity contribution in [1.82, 2.24) is 9.80 Å². The minimum absolute atomic E-state index is 0.121. The zero-order chi connectivity index (χ0) is 14.8. The van der Waals surface area contributed by atoms with Gasteiger partial charge in [-0.05, 0) is 36.8 Å². The van der Waals surface area contributed by atoms with Crippen molar-refractivity contribution in [2.24, 2.45) is 5.92 Å². The molecule has 1 aromatic rings. The van der Waals surface area contributed by atoms with Gasteiger partial charge in [-0.25, -0.2) is 0 Å². The van der Waals surface area contributed by atoms with E-state index in [1.54, 1.807) is 0 Å². The maximum absolute atomic E-state index is 12.4. The van der Waals surface area contributed by atoms with Crippen molar-refractivity contribution in [3.8, 4) is 0 Å². The van der Waals surface area contributed by atoms with E-state index in [1.165, 1.54) is 24.2 Å². The van der Waals surface area contributed by atoms with Crippen molar-refractivity contribution < 1.29 is 9.59 Å². The molecule has 0 N–H and O–H groups in total. The molecule has 1 aliphatic heterocycles. The quantitative estimate of drug-likeness (QED) is 0.842. The highest BCUT2D eigenvalue weighted by Gasteiger charge is 2.31. The first-order valence-electron chi connectivity index (χ1n) is 7.79. The second-order valence-electron chi connectivity index (χ2n) is 6.03. The molecule has 1 saturated heterocycles. The molecule has 0 bridgehead atoms. The Morgan fingerprint density at radius 3 is 2.29 bits per heavy atom. The number of carbonyl (C=O) groups is 2. The Balaban J connectivity index is 1.56. The van der Waals surface area contributed by atoms with E-state index < -0.39 is 0 Å². The molecular weight excluding hydrogens is 284 g/mol. The maximum atomic E-state index is 12.4. The van der Waals surface area contributed by atoms with Gasteiger partial charge >= 0.3 is 0 Å². The van der Waals surface area contributed by atoms with Gasteiger partial charge in [0.05, 0.1) is 4.88 Å². The molecule has 0 radical (unpaired) electrons. The summed E-state index contributed by atoms with van der Waals surface area (Å²) in [6.45, 7) is 4.67. The summed E-state index contributed by atoms with van der Waals surface area (Å²) in [5.74, 6) is 0.675. The van der Waals surface area contributed by atoms with Gasteiger partial charge in [0.15, 0.2) is 0 Å². The van der Waals surface area contributed by atoms with Crippen LogP contribution in [-0.4, -0.2) is 47.8 Å². The molecule has 1 aliphatic carbocycles. The molecule has 1 aromatic heterocycles. The summed E-state index contributed by atoms with van der Waals surface area (Å²) in [6.07, 6.45) is 4.47. The average molecular weight is 306 g/mol. The Kier molecular flexibility index (Phi) is 4.29. The first-order chi connectivity index (χ1) is 10.2. The summed E-state index contributed by atoms with van der Waals surface area (Å²) in [4.78, 5) is 29.5. The first kappa shape index (κ1) is 14.6. The van der Waals surface area contributed by atoms with Crippen LogP contribution in [0.1, 0.15) is 40.9 Å². The molecule has 2 amide bonds. The van der Waals surface area contributed by atoms with Crippen molar-refractivity contribution in [1.29, 1.82) is 0 Å². The highest BCUT2D eigenvalue weighted by Crippen LogP contribution is 2.27. The maximum Gasteiger partial charge on any atom is 0.264 e. The fourth-order valence-electron chi connectivity index (χ4n) is 3.30. The van der Waals surface area contributed by atoms with Crippen LogP contribution in [0, 0.1) is 12.8 Å². The van der Waals surface area contributed by atoms with Crippen LogP contribution >= 0.6 is 11.3 Å². The molecule has 21 heavy (non-hydrogen) atoms. The number of rotatable bonds is 2. The van der Waals surface area contributed by atoms with E-state index in [0.29, 0.717) is 32.1 Å². The Bertz CT molecular complexity index is 526. The molecule has 4 nitrogen and oxygen atoms in total. The second-order valence-corrected chi connectivity index (χ2v) is 6.95. The Morgan fingerprint density at radius 2 is 1.71 bits per heavy atom. The summed E-state index contributed by atoms with van der Waals surface area (Å²) in [6, 6.07) is 1.98. The third kappa shape index (κ3) is 2.98. The second kappa shape index (κ2) is 6.18. The van der Waals surface area contributed by atoms with Crippen molar-refractivity contribution in [3.05, 3.63) is 21.9 Å². The average Bonchev–Trinajstić information content (AvgIpc) is 3.17. The molecule has 2 heterocycles. The van der Waals surface area contributed by atoms with E-state index in [9.17, 15) is 9.59 Å². The van der Waals surface area contributed by atoms with Crippen molar-refractivity contribution >= 4 is 23.2 Å². The van der Waals surface area contributed by atoms with Crippen molar-refractivity contribution in [2.45, 2.75) is 32.6 Å². The van der Waals surface area contributed by atoms with Crippen LogP contribution < -0.4 is 0 Å². The summed E-state index contributed by atoms with van der Waals surface area (Å²) < 4.78 is 0. The number of thiophene rings is 1. The van der Waals surface area contributed by atoms with Crippen LogP contribution in [0.2, 0.25) is 0 Å². The van der Waals surface area contributed by atoms with E-state index in [2.05, 4.69) is 0 Å². The lowest BCUT2D eigenvalue weighted by molar-refractivity contribution is -0.136. The van der Waals surface area contributed by atoms with Crippen molar-refractivity contribution in [2.75, 3.05) is 26.2 Å². The summed E-state index contributed by atoms with van der Waals surface area (Å²) >= 11 is 1.51. The number of nitrogens with zero attached hydrogens (tertiary/aromatic N) is 2. The fourth-order valence-corrected chi connectivity index (χ4v) is 4.19. The van der Waals surface area contributed by atoms with E-state index in [-0.39, 0.29) is 11.8 Å². The van der Waals surface area contributed by atoms with Crippen LogP contribution in [0.3, 0.4) is 0 Å². The van der Waals surface area contributed by atoms with Gasteiger partial charge in [-0.15, -0.1) is 11.3 Å². The van der Waals surface area contributed by atoms with Gasteiger partial charge in [-0.1, -0.05) is 12.8 Å². The van der Waals surface area contributed by atoms with Gasteiger partial charge < -0.3 is 9.80 Å². The third-order valence-electron chi connectivity index (χ3n) is 4.64. The SMILES string of the molecule is Cc1ccsc1C(=O)N1CCN(C(=O)C2CCCC2)CC1. The zero-order valence-electron chi connectivity index (χ0n) is 12.5. The van der Waals surface area contributed by atoms with Gasteiger partial charge in [-0.3, -0.25) is 9.59 Å². The van der Waals surface area contributed by atoms with E-state index in [1.807, 2.05) is 28.2 Å². The van der Waals surface area contributed by atoms with Crippen LogP contribution in [0.25, 0.3) is 0 Å². The van der Waals surface area contributed by atoms with Crippen LogP contribution in [0.5, 0.6) is 0 Å². The molecule has 1 saturated carbocycles. The molecule has 2 aliphatic rings. The predicted molar refractivity (Wildman–Crippen MR) is 83.5 cm³/mol. The number of aryl methyl sites for hydroxylation is 1. The molecule has 2 fully saturated rings. The molecule has 0 unspecified atom stereocenters. The van der Waals surface area contributed by atoms with E-state index in [4.69, 9.17) is 0 Å². The number of carbonyl (C=O) groups excluding carboxylic acids is 2. The van der Waals surface area contributed by atoms with Gasteiger partial charge in [0.2, 0.25) is 5.91 Å². The summed E-state index contributed by atoms with van der Waals surface area (Å²) in [5.41, 5.74) is 1.05. The normalized spacial score (nSPS) is 20.0. The number of amides is 2. The summed E-state index contributed by atoms with van der Waals surface area (Å²) in [5, 5.41) is 1.96. The van der Waals surface area contributed by atoms with Gasteiger partial charge in [-0.2, -0.15) is 0 Å². The molecule has 0 spiro atoms. The number of piperazine rings is 1. The minimum Gasteiger partial charge on any atom is -0.339 e. The highest BCUT2D eigenvalue weighted by atomic mass is 32.1. The van der Waals surface area contributed by atoms with Crippen LogP contribution in [-0.2, 0) is 4.79 Å². The molecule has 0 atom stereocenters. The van der Waals surface area contributed by atoms with E-state index in [0.717, 1.165) is 23.3 Å². The largest absolute Gasteiger partial charge is 0.339 e. The number of hydrogen-bond acceptors (Lipinski definition) is 3. The molecule has 114 valence electrons. The lowest BCUT2D eigenvalue weighted by Gasteiger charge is -2.36. The minimum atomic E-state index is 0.121. The fraction of sp³-hybridized carbons (Fsp3) is 0.625.